The van der Waals surface area contributed by atoms with Crippen LogP contribution in [0, 0.1) is 29.6 Å². The second kappa shape index (κ2) is 7.85. The van der Waals surface area contributed by atoms with Gasteiger partial charge < -0.3 is 10.1 Å². The van der Waals surface area contributed by atoms with Crippen LogP contribution in [0.15, 0.2) is 30.5 Å². The molecule has 4 atom stereocenters. The average molecular weight is 409 g/mol. The zero-order chi connectivity index (χ0) is 20.7. The van der Waals surface area contributed by atoms with Crippen molar-refractivity contribution in [3.05, 3.63) is 30.5 Å². The highest BCUT2D eigenvalue weighted by Gasteiger charge is 2.59. The van der Waals surface area contributed by atoms with Gasteiger partial charge in [0, 0.05) is 6.20 Å². The van der Waals surface area contributed by atoms with E-state index in [-0.39, 0.29) is 42.0 Å². The monoisotopic (exact) mass is 409 g/mol. The maximum absolute atomic E-state index is 12.8. The Hall–Kier alpha value is -2.70. The number of amides is 3. The fourth-order valence-electron chi connectivity index (χ4n) is 5.60. The normalized spacial score (nSPS) is 30.1. The Bertz CT molecular complexity index is 862. The zero-order valence-electron chi connectivity index (χ0n) is 17.0. The molecule has 3 fully saturated rings. The minimum Gasteiger partial charge on any atom is -0.489 e. The van der Waals surface area contributed by atoms with E-state index in [4.69, 9.17) is 4.74 Å². The van der Waals surface area contributed by atoms with E-state index in [1.165, 1.54) is 32.1 Å². The Kier molecular flexibility index (Phi) is 5.05. The molecule has 2 heterocycles. The van der Waals surface area contributed by atoms with Crippen molar-refractivity contribution in [3.8, 4) is 5.75 Å². The Morgan fingerprint density at radius 2 is 1.80 bits per heavy atom. The van der Waals surface area contributed by atoms with Gasteiger partial charge in [-0.1, -0.05) is 31.4 Å². The van der Waals surface area contributed by atoms with Gasteiger partial charge >= 0.3 is 0 Å². The number of ether oxygens (including phenoxy) is 1. The molecule has 158 valence electrons. The lowest BCUT2D eigenvalue weighted by Gasteiger charge is -2.22. The van der Waals surface area contributed by atoms with Crippen molar-refractivity contribution < 1.29 is 19.1 Å². The van der Waals surface area contributed by atoms with Gasteiger partial charge in [0.15, 0.2) is 11.6 Å². The first-order valence-electron chi connectivity index (χ1n) is 11.0. The smallest absolute Gasteiger partial charge is 0.245 e. The maximum atomic E-state index is 12.8. The van der Waals surface area contributed by atoms with Crippen LogP contribution >= 0.6 is 0 Å². The summed E-state index contributed by atoms with van der Waals surface area (Å²) in [5.41, 5.74) is 0. The predicted octanol–water partition coefficient (Wildman–Crippen LogP) is 2.79. The van der Waals surface area contributed by atoms with Crippen molar-refractivity contribution in [1.82, 2.24) is 9.88 Å². The Morgan fingerprint density at radius 3 is 2.50 bits per heavy atom. The number of carbonyl (C=O) groups is 3. The SMILES string of the molecule is O=C(CN1C(=O)C2C3C=CC(C3)C2C1=O)Nc1ncccc1OCC1CCCCC1. The lowest BCUT2D eigenvalue weighted by Crippen LogP contribution is -2.39. The highest BCUT2D eigenvalue weighted by atomic mass is 16.5. The second-order valence-corrected chi connectivity index (χ2v) is 8.98. The van der Waals surface area contributed by atoms with Gasteiger partial charge in [0.1, 0.15) is 6.54 Å². The van der Waals surface area contributed by atoms with Crippen LogP contribution in [-0.4, -0.2) is 40.8 Å². The molecule has 7 nitrogen and oxygen atoms in total. The van der Waals surface area contributed by atoms with Gasteiger partial charge in [-0.3, -0.25) is 19.3 Å². The van der Waals surface area contributed by atoms with Gasteiger partial charge in [-0.2, -0.15) is 0 Å². The first-order chi connectivity index (χ1) is 14.6. The number of nitrogens with zero attached hydrogens (tertiary/aromatic N) is 2. The molecule has 4 aliphatic rings. The van der Waals surface area contributed by atoms with E-state index in [2.05, 4.69) is 10.3 Å². The van der Waals surface area contributed by atoms with E-state index in [0.29, 0.717) is 24.1 Å². The molecule has 0 spiro atoms. The van der Waals surface area contributed by atoms with Crippen LogP contribution in [0.5, 0.6) is 5.75 Å². The number of allylic oxidation sites excluding steroid dienone is 2. The molecule has 0 radical (unpaired) electrons. The molecule has 2 bridgehead atoms. The zero-order valence-corrected chi connectivity index (χ0v) is 17.0. The predicted molar refractivity (Wildman–Crippen MR) is 109 cm³/mol. The molecule has 2 saturated carbocycles. The summed E-state index contributed by atoms with van der Waals surface area (Å²) in [4.78, 5) is 43.5. The van der Waals surface area contributed by atoms with Crippen molar-refractivity contribution in [1.29, 1.82) is 0 Å². The molecule has 0 aromatic carbocycles. The molecule has 1 aromatic rings. The van der Waals surface area contributed by atoms with Crippen molar-refractivity contribution >= 4 is 23.5 Å². The summed E-state index contributed by atoms with van der Waals surface area (Å²) in [5.74, 6) is 0.228. The van der Waals surface area contributed by atoms with E-state index < -0.39 is 5.91 Å². The quantitative estimate of drug-likeness (QED) is 0.577. The van der Waals surface area contributed by atoms with Crippen LogP contribution in [0.2, 0.25) is 0 Å². The molecule has 7 heteroatoms. The van der Waals surface area contributed by atoms with Crippen molar-refractivity contribution in [2.24, 2.45) is 29.6 Å². The summed E-state index contributed by atoms with van der Waals surface area (Å²) >= 11 is 0. The van der Waals surface area contributed by atoms with Gasteiger partial charge in [-0.25, -0.2) is 4.98 Å². The van der Waals surface area contributed by atoms with Crippen LogP contribution in [0.4, 0.5) is 5.82 Å². The second-order valence-electron chi connectivity index (χ2n) is 8.98. The van der Waals surface area contributed by atoms with E-state index >= 15 is 0 Å². The molecule has 4 unspecified atom stereocenters. The number of aromatic nitrogens is 1. The number of fused-ring (bicyclic) bond motifs is 5. The van der Waals surface area contributed by atoms with Gasteiger partial charge in [0.25, 0.3) is 0 Å². The molecule has 5 rings (SSSR count). The number of imide groups is 1. The third kappa shape index (κ3) is 3.40. The lowest BCUT2D eigenvalue weighted by atomic mass is 9.85. The van der Waals surface area contributed by atoms with Crippen LogP contribution in [0.3, 0.4) is 0 Å². The number of anilines is 1. The van der Waals surface area contributed by atoms with Crippen LogP contribution in [0.25, 0.3) is 0 Å². The first-order valence-corrected chi connectivity index (χ1v) is 11.0. The Morgan fingerprint density at radius 1 is 1.10 bits per heavy atom. The number of carbonyl (C=O) groups excluding carboxylic acids is 3. The Labute approximate surface area is 175 Å². The number of pyridine rings is 1. The Balaban J connectivity index is 1.21. The van der Waals surface area contributed by atoms with Gasteiger partial charge in [-0.15, -0.1) is 0 Å². The lowest BCUT2D eigenvalue weighted by molar-refractivity contribution is -0.143. The average Bonchev–Trinajstić information content (AvgIpc) is 3.44. The van der Waals surface area contributed by atoms with Crippen LogP contribution < -0.4 is 10.1 Å². The highest BCUT2D eigenvalue weighted by molar-refractivity contribution is 6.09. The maximum Gasteiger partial charge on any atom is 0.245 e. The largest absolute Gasteiger partial charge is 0.489 e. The molecule has 1 aliphatic heterocycles. The summed E-state index contributed by atoms with van der Waals surface area (Å²) in [7, 11) is 0. The van der Waals surface area contributed by atoms with E-state index in [9.17, 15) is 14.4 Å². The van der Waals surface area contributed by atoms with Crippen LogP contribution in [0.1, 0.15) is 38.5 Å². The number of rotatable bonds is 6. The fourth-order valence-corrected chi connectivity index (χ4v) is 5.60. The van der Waals surface area contributed by atoms with E-state index in [1.54, 1.807) is 18.3 Å². The van der Waals surface area contributed by atoms with Crippen molar-refractivity contribution in [3.63, 3.8) is 0 Å². The van der Waals surface area contributed by atoms with Gasteiger partial charge in [0.2, 0.25) is 17.7 Å². The molecule has 1 N–H and O–H groups in total. The minimum atomic E-state index is -0.432. The minimum absolute atomic E-state index is 0.139. The molecule has 30 heavy (non-hydrogen) atoms. The van der Waals surface area contributed by atoms with E-state index in [0.717, 1.165) is 11.3 Å². The molecular formula is C23H27N3O4. The molecular weight excluding hydrogens is 382 g/mol. The first kappa shape index (κ1) is 19.3. The molecule has 1 aromatic heterocycles. The summed E-state index contributed by atoms with van der Waals surface area (Å²) < 4.78 is 5.95. The van der Waals surface area contributed by atoms with Crippen LogP contribution in [-0.2, 0) is 14.4 Å². The summed E-state index contributed by atoms with van der Waals surface area (Å²) in [6.45, 7) is 0.333. The topological polar surface area (TPSA) is 88.6 Å². The third-order valence-electron chi connectivity index (χ3n) is 7.09. The van der Waals surface area contributed by atoms with Crippen molar-refractivity contribution in [2.45, 2.75) is 38.5 Å². The number of likely N-dealkylation sites (tertiary alicyclic amines) is 1. The molecule has 1 saturated heterocycles. The summed E-state index contributed by atoms with van der Waals surface area (Å²) in [6.07, 6.45) is 12.7. The van der Waals surface area contributed by atoms with Gasteiger partial charge in [-0.05, 0) is 49.1 Å². The van der Waals surface area contributed by atoms with Gasteiger partial charge in [0.05, 0.1) is 18.4 Å². The van der Waals surface area contributed by atoms with Crippen molar-refractivity contribution in [2.75, 3.05) is 18.5 Å². The fraction of sp³-hybridized carbons (Fsp3) is 0.565. The summed E-state index contributed by atoms with van der Waals surface area (Å²) in [5, 5.41) is 2.73. The molecule has 3 amide bonds. The highest BCUT2D eigenvalue weighted by Crippen LogP contribution is 2.52. The molecule has 3 aliphatic carbocycles. The number of hydrogen-bond donors (Lipinski definition) is 1. The van der Waals surface area contributed by atoms with E-state index in [1.807, 2.05) is 12.2 Å². The third-order valence-corrected chi connectivity index (χ3v) is 7.09. The number of nitrogens with one attached hydrogen (secondary N) is 1. The number of hydrogen-bond acceptors (Lipinski definition) is 5. The summed E-state index contributed by atoms with van der Waals surface area (Å²) in [6, 6.07) is 3.55. The standard InChI is InChI=1S/C23H27N3O4/c27-18(12-26-22(28)19-15-8-9-16(11-15)20(19)23(26)29)25-21-17(7-4-10-24-21)30-13-14-5-2-1-3-6-14/h4,7-10,14-16,19-20H,1-3,5-6,11-13H2,(H,24,25,27).